The monoisotopic (exact) mass is 679 g/mol. The van der Waals surface area contributed by atoms with Gasteiger partial charge in [-0.15, -0.1) is 12.3 Å². The van der Waals surface area contributed by atoms with Crippen LogP contribution >= 0.6 is 0 Å². The second-order valence-electron chi connectivity index (χ2n) is 9.87. The van der Waals surface area contributed by atoms with E-state index in [4.69, 9.17) is 63.6 Å². The summed E-state index contributed by atoms with van der Waals surface area (Å²) in [6.07, 6.45) is 6.63. The van der Waals surface area contributed by atoms with Gasteiger partial charge in [0.25, 0.3) is 0 Å². The lowest BCUT2D eigenvalue weighted by Crippen LogP contribution is -2.31. The predicted molar refractivity (Wildman–Crippen MR) is 169 cm³/mol. The van der Waals surface area contributed by atoms with Crippen LogP contribution in [0.2, 0.25) is 0 Å². The molecule has 0 unspecified atom stereocenters. The molecule has 0 saturated carbocycles. The quantitative estimate of drug-likeness (QED) is 0.0669. The van der Waals surface area contributed by atoms with Crippen molar-refractivity contribution in [2.75, 3.05) is 159 Å². The van der Waals surface area contributed by atoms with Crippen molar-refractivity contribution < 1.29 is 62.0 Å². The van der Waals surface area contributed by atoms with Gasteiger partial charge in [-0.1, -0.05) is 0 Å². The molecule has 0 aliphatic carbocycles. The van der Waals surface area contributed by atoms with Gasteiger partial charge in [0.15, 0.2) is 0 Å². The Labute approximate surface area is 279 Å². The fraction of sp³-hybridized carbons (Fsp3) is 0.903. The maximum absolute atomic E-state index is 11.9. The van der Waals surface area contributed by atoms with Gasteiger partial charge in [0.05, 0.1) is 158 Å². The molecule has 0 spiro atoms. The highest BCUT2D eigenvalue weighted by Crippen LogP contribution is 2.36. The lowest BCUT2D eigenvalue weighted by molar-refractivity contribution is -0.122. The first-order valence-corrected chi connectivity index (χ1v) is 16.3. The van der Waals surface area contributed by atoms with Crippen LogP contribution in [0, 0.1) is 12.3 Å². The van der Waals surface area contributed by atoms with Crippen LogP contribution in [0.3, 0.4) is 0 Å². The van der Waals surface area contributed by atoms with Crippen molar-refractivity contribution >= 4 is 5.91 Å². The highest BCUT2D eigenvalue weighted by atomic mass is 16.6. The number of aliphatic hydroxyl groups excluding tert-OH is 1. The molecule has 1 aliphatic heterocycles. The molecular formula is C31H57N3O13. The number of nitrogens with zero attached hydrogens (tertiary/aromatic N) is 2. The third-order valence-corrected chi connectivity index (χ3v) is 6.02. The van der Waals surface area contributed by atoms with Crippen LogP contribution in [-0.4, -0.2) is 175 Å². The van der Waals surface area contributed by atoms with E-state index in [9.17, 15) is 4.79 Å². The lowest BCUT2D eigenvalue weighted by atomic mass is 10.0. The van der Waals surface area contributed by atoms with Gasteiger partial charge in [-0.05, 0) is 0 Å². The Bertz CT molecular complexity index is 767. The smallest absolute Gasteiger partial charge is 0.224 e. The summed E-state index contributed by atoms with van der Waals surface area (Å²) < 4.78 is 59.4. The molecule has 1 aliphatic rings. The third kappa shape index (κ3) is 31.2. The van der Waals surface area contributed by atoms with Gasteiger partial charge in [0.2, 0.25) is 11.6 Å². The number of carbonyl (C=O) groups is 1. The van der Waals surface area contributed by atoms with Crippen molar-refractivity contribution in [3.05, 3.63) is 0 Å². The Kier molecular flexibility index (Phi) is 31.3. The summed E-state index contributed by atoms with van der Waals surface area (Å²) in [6.45, 7) is 10.8. The average Bonchev–Trinajstić information content (AvgIpc) is 3.84. The predicted octanol–water partition coefficient (Wildman–Crippen LogP) is 0.243. The fourth-order valence-electron chi connectivity index (χ4n) is 3.55. The van der Waals surface area contributed by atoms with Crippen LogP contribution in [0.5, 0.6) is 0 Å². The first kappa shape index (κ1) is 43.2. The lowest BCUT2D eigenvalue weighted by Gasteiger charge is -2.10. The number of amides is 1. The van der Waals surface area contributed by atoms with Crippen molar-refractivity contribution in [2.24, 2.45) is 10.2 Å². The van der Waals surface area contributed by atoms with Gasteiger partial charge in [0, 0.05) is 19.4 Å². The zero-order chi connectivity index (χ0) is 33.8. The molecule has 2 N–H and O–H groups in total. The Morgan fingerprint density at radius 1 is 0.532 bits per heavy atom. The van der Waals surface area contributed by atoms with Gasteiger partial charge in [-0.3, -0.25) is 4.79 Å². The number of terminal acetylenes is 1. The summed E-state index contributed by atoms with van der Waals surface area (Å²) in [5, 5.41) is 19.3. The Morgan fingerprint density at radius 3 is 1.11 bits per heavy atom. The number of ether oxygens (including phenoxy) is 11. The Morgan fingerprint density at radius 2 is 0.830 bits per heavy atom. The topological polar surface area (TPSA) is 176 Å². The Hall–Kier alpha value is -1.85. The summed E-state index contributed by atoms with van der Waals surface area (Å²) in [4.78, 5) is 11.9. The van der Waals surface area contributed by atoms with E-state index in [0.717, 1.165) is 0 Å². The summed E-state index contributed by atoms with van der Waals surface area (Å²) in [5.41, 5.74) is -0.603. The summed E-state index contributed by atoms with van der Waals surface area (Å²) >= 11 is 0. The van der Waals surface area contributed by atoms with Gasteiger partial charge in [0.1, 0.15) is 0 Å². The van der Waals surface area contributed by atoms with Crippen LogP contribution in [-0.2, 0) is 56.9 Å². The zero-order valence-electron chi connectivity index (χ0n) is 27.9. The second kappa shape index (κ2) is 34.0. The van der Waals surface area contributed by atoms with E-state index < -0.39 is 5.66 Å². The van der Waals surface area contributed by atoms with E-state index in [1.54, 1.807) is 0 Å². The highest BCUT2D eigenvalue weighted by Gasteiger charge is 2.41. The minimum Gasteiger partial charge on any atom is -0.394 e. The summed E-state index contributed by atoms with van der Waals surface area (Å²) in [6, 6.07) is 0. The SMILES string of the molecule is C#CCCC1(CC(=O)NCCOCCOCCOCCOCCOCCOCCOCCOCCOCCOCCOCCO)N=N1. The number of aliphatic hydroxyl groups is 1. The minimum absolute atomic E-state index is 0.0204. The maximum atomic E-state index is 11.9. The van der Waals surface area contributed by atoms with E-state index in [0.29, 0.717) is 165 Å². The molecule has 16 nitrogen and oxygen atoms in total. The molecule has 47 heavy (non-hydrogen) atoms. The molecule has 1 heterocycles. The molecule has 1 amide bonds. The molecular weight excluding hydrogens is 622 g/mol. The first-order valence-electron chi connectivity index (χ1n) is 16.3. The van der Waals surface area contributed by atoms with Gasteiger partial charge in [-0.2, -0.15) is 10.2 Å². The van der Waals surface area contributed by atoms with Crippen LogP contribution in [0.1, 0.15) is 19.3 Å². The molecule has 0 atom stereocenters. The van der Waals surface area contributed by atoms with Gasteiger partial charge in [-0.25, -0.2) is 0 Å². The molecule has 0 saturated heterocycles. The van der Waals surface area contributed by atoms with E-state index in [1.807, 2.05) is 0 Å². The highest BCUT2D eigenvalue weighted by molar-refractivity contribution is 5.77. The third-order valence-electron chi connectivity index (χ3n) is 6.02. The minimum atomic E-state index is -0.603. The van der Waals surface area contributed by atoms with Gasteiger partial charge >= 0.3 is 0 Å². The number of rotatable bonds is 39. The number of hydrogen-bond donors (Lipinski definition) is 2. The molecule has 0 aromatic carbocycles. The fourth-order valence-corrected chi connectivity index (χ4v) is 3.55. The van der Waals surface area contributed by atoms with Crippen LogP contribution < -0.4 is 5.32 Å². The molecule has 0 fully saturated rings. The molecule has 274 valence electrons. The largest absolute Gasteiger partial charge is 0.394 e. The molecule has 0 aromatic rings. The van der Waals surface area contributed by atoms with Crippen molar-refractivity contribution in [2.45, 2.75) is 24.9 Å². The van der Waals surface area contributed by atoms with Crippen molar-refractivity contribution in [3.8, 4) is 12.3 Å². The zero-order valence-corrected chi connectivity index (χ0v) is 27.9. The van der Waals surface area contributed by atoms with Crippen LogP contribution in [0.4, 0.5) is 0 Å². The number of hydrogen-bond acceptors (Lipinski definition) is 15. The van der Waals surface area contributed by atoms with E-state index in [-0.39, 0.29) is 18.9 Å². The molecule has 1 rings (SSSR count). The first-order chi connectivity index (χ1) is 23.2. The second-order valence-corrected chi connectivity index (χ2v) is 9.87. The number of carbonyl (C=O) groups excluding carboxylic acids is 1. The molecule has 16 heteroatoms. The standard InChI is InChI=1S/C31H57N3O13/c1-2-3-4-31(33-34-31)29-30(36)32-5-7-37-9-11-39-13-15-41-17-19-43-21-23-45-25-27-47-28-26-46-24-22-44-20-18-42-16-14-40-12-10-38-8-6-35/h1,35H,3-29H2,(H,32,36). The van der Waals surface area contributed by atoms with Gasteiger partial charge < -0.3 is 62.5 Å². The van der Waals surface area contributed by atoms with E-state index in [1.165, 1.54) is 0 Å². The number of nitrogens with one attached hydrogen (secondary N) is 1. The van der Waals surface area contributed by atoms with Crippen LogP contribution in [0.25, 0.3) is 0 Å². The molecule has 0 aromatic heterocycles. The van der Waals surface area contributed by atoms with E-state index in [2.05, 4.69) is 21.5 Å². The summed E-state index contributed by atoms with van der Waals surface area (Å²) in [5.74, 6) is 2.43. The van der Waals surface area contributed by atoms with Crippen molar-refractivity contribution in [3.63, 3.8) is 0 Å². The van der Waals surface area contributed by atoms with Crippen molar-refractivity contribution in [1.82, 2.24) is 5.32 Å². The summed E-state index contributed by atoms with van der Waals surface area (Å²) in [7, 11) is 0. The molecule has 0 bridgehead atoms. The van der Waals surface area contributed by atoms with Crippen LogP contribution in [0.15, 0.2) is 10.2 Å². The average molecular weight is 680 g/mol. The molecule has 0 radical (unpaired) electrons. The maximum Gasteiger partial charge on any atom is 0.224 e. The Balaban J connectivity index is 1.64. The van der Waals surface area contributed by atoms with E-state index >= 15 is 0 Å². The normalized spacial score (nSPS) is 13.2. The van der Waals surface area contributed by atoms with Crippen molar-refractivity contribution in [1.29, 1.82) is 0 Å².